The number of benzene rings is 1. The lowest BCUT2D eigenvalue weighted by molar-refractivity contribution is 0.134. The van der Waals surface area contributed by atoms with Crippen LogP contribution in [0.2, 0.25) is 0 Å². The summed E-state index contributed by atoms with van der Waals surface area (Å²) in [6.07, 6.45) is 2.38. The maximum absolute atomic E-state index is 12.4. The van der Waals surface area contributed by atoms with Gasteiger partial charge in [-0.05, 0) is 37.3 Å². The maximum atomic E-state index is 12.4. The van der Waals surface area contributed by atoms with Crippen LogP contribution in [-0.4, -0.2) is 11.1 Å². The van der Waals surface area contributed by atoms with Gasteiger partial charge in [0, 0.05) is 4.88 Å². The van der Waals surface area contributed by atoms with Crippen LogP contribution in [0.1, 0.15) is 41.3 Å². The molecule has 2 heterocycles. The van der Waals surface area contributed by atoms with Crippen molar-refractivity contribution in [3.63, 3.8) is 0 Å². The average molecular weight is 370 g/mol. The highest BCUT2D eigenvalue weighted by Gasteiger charge is 2.24. The predicted octanol–water partition coefficient (Wildman–Crippen LogP) is 3.73. The molecule has 1 aliphatic carbocycles. The molecule has 1 aromatic carbocycles. The summed E-state index contributed by atoms with van der Waals surface area (Å²) in [7, 11) is 0. The second kappa shape index (κ2) is 6.92. The number of hydrogen-bond acceptors (Lipinski definition) is 6. The molecule has 0 fully saturated rings. The summed E-state index contributed by atoms with van der Waals surface area (Å²) in [5, 5.41) is 3.26. The van der Waals surface area contributed by atoms with Crippen molar-refractivity contribution in [3.05, 3.63) is 62.6 Å². The maximum Gasteiger partial charge on any atom is 0.408 e. The topological polar surface area (TPSA) is 81.4 Å². The number of nitrogens with zero attached hydrogens (tertiary/aromatic N) is 1. The number of carbonyl (C=O) groups is 1. The van der Waals surface area contributed by atoms with Gasteiger partial charge in [-0.2, -0.15) is 0 Å². The van der Waals surface area contributed by atoms with Gasteiger partial charge in [-0.1, -0.05) is 30.3 Å². The van der Waals surface area contributed by atoms with Gasteiger partial charge in [0.15, 0.2) is 0 Å². The van der Waals surface area contributed by atoms with Crippen LogP contribution in [0.3, 0.4) is 0 Å². The quantitative estimate of drug-likeness (QED) is 0.757. The molecule has 1 aliphatic rings. The molecule has 0 spiro atoms. The molecule has 0 radical (unpaired) electrons. The summed E-state index contributed by atoms with van der Waals surface area (Å²) in [4.78, 5) is 30.7. The minimum absolute atomic E-state index is 0.174. The monoisotopic (exact) mass is 370 g/mol. The van der Waals surface area contributed by atoms with Crippen molar-refractivity contribution in [1.82, 2.24) is 10.3 Å². The number of rotatable bonds is 4. The Balaban J connectivity index is 1.47. The first-order valence-electron chi connectivity index (χ1n) is 8.54. The summed E-state index contributed by atoms with van der Waals surface area (Å²) < 4.78 is 10.6. The molecule has 1 amide bonds. The van der Waals surface area contributed by atoms with Gasteiger partial charge in [-0.15, -0.1) is 11.3 Å². The lowest BCUT2D eigenvalue weighted by atomic mass is 10.2. The number of aryl methyl sites for hydroxylation is 2. The number of nitrogens with one attached hydrogen (secondary N) is 1. The smallest absolute Gasteiger partial charge is 0.408 e. The zero-order valence-corrected chi connectivity index (χ0v) is 15.1. The van der Waals surface area contributed by atoms with Crippen LogP contribution in [0, 0.1) is 0 Å². The van der Waals surface area contributed by atoms with Gasteiger partial charge in [-0.3, -0.25) is 0 Å². The van der Waals surface area contributed by atoms with E-state index < -0.39 is 12.1 Å². The van der Waals surface area contributed by atoms with Crippen molar-refractivity contribution in [2.75, 3.05) is 0 Å². The Hall–Kier alpha value is -2.67. The highest BCUT2D eigenvalue weighted by molar-refractivity contribution is 7.18. The number of amides is 1. The van der Waals surface area contributed by atoms with Gasteiger partial charge >= 0.3 is 11.7 Å². The second-order valence-corrected chi connectivity index (χ2v) is 7.39. The van der Waals surface area contributed by atoms with Crippen molar-refractivity contribution < 1.29 is 13.9 Å². The van der Waals surface area contributed by atoms with Crippen molar-refractivity contribution in [2.24, 2.45) is 0 Å². The highest BCUT2D eigenvalue weighted by atomic mass is 32.1. The van der Waals surface area contributed by atoms with Gasteiger partial charge in [-0.25, -0.2) is 14.6 Å². The third-order valence-electron chi connectivity index (χ3n) is 4.43. The van der Waals surface area contributed by atoms with Gasteiger partial charge in [0.25, 0.3) is 0 Å². The molecular weight excluding hydrogens is 352 g/mol. The first-order chi connectivity index (χ1) is 12.6. The lowest BCUT2D eigenvalue weighted by Gasteiger charge is -2.12. The van der Waals surface area contributed by atoms with Crippen LogP contribution in [0.25, 0.3) is 10.2 Å². The molecule has 4 rings (SSSR count). The summed E-state index contributed by atoms with van der Waals surface area (Å²) in [5.41, 5.74) is 1.60. The van der Waals surface area contributed by atoms with Gasteiger partial charge in [0.2, 0.25) is 5.89 Å². The number of ether oxygens (including phenoxy) is 1. The van der Waals surface area contributed by atoms with Crippen molar-refractivity contribution >= 4 is 27.6 Å². The largest absolute Gasteiger partial charge is 0.445 e. The van der Waals surface area contributed by atoms with E-state index in [1.807, 2.05) is 30.3 Å². The third-order valence-corrected chi connectivity index (χ3v) is 5.62. The molecule has 134 valence electrons. The molecule has 0 unspecified atom stereocenters. The zero-order valence-electron chi connectivity index (χ0n) is 14.3. The first kappa shape index (κ1) is 16.8. The van der Waals surface area contributed by atoms with Crippen molar-refractivity contribution in [2.45, 2.75) is 38.8 Å². The van der Waals surface area contributed by atoms with Crippen LogP contribution < -0.4 is 10.9 Å². The Morgan fingerprint density at radius 2 is 2.15 bits per heavy atom. The number of carbonyl (C=O) groups excluding carboxylic acids is 1. The van der Waals surface area contributed by atoms with E-state index in [1.165, 1.54) is 4.88 Å². The third kappa shape index (κ3) is 3.22. The fourth-order valence-corrected chi connectivity index (χ4v) is 4.39. The molecule has 6 nitrogen and oxygen atoms in total. The normalized spacial score (nSPS) is 14.2. The Bertz CT molecular complexity index is 1010. The number of thiophene rings is 1. The van der Waals surface area contributed by atoms with E-state index in [2.05, 4.69) is 10.3 Å². The second-order valence-electron chi connectivity index (χ2n) is 6.30. The molecule has 3 aromatic rings. The molecule has 2 aromatic heterocycles. The van der Waals surface area contributed by atoms with Gasteiger partial charge < -0.3 is 14.5 Å². The number of hydrogen-bond donors (Lipinski definition) is 1. The fourth-order valence-electron chi connectivity index (χ4n) is 3.14. The van der Waals surface area contributed by atoms with E-state index in [-0.39, 0.29) is 18.1 Å². The van der Waals surface area contributed by atoms with Crippen LogP contribution in [0.4, 0.5) is 4.79 Å². The summed E-state index contributed by atoms with van der Waals surface area (Å²) in [6, 6.07) is 8.85. The number of aromatic nitrogens is 1. The van der Waals surface area contributed by atoms with E-state index >= 15 is 0 Å². The van der Waals surface area contributed by atoms with E-state index in [9.17, 15) is 9.59 Å². The van der Waals surface area contributed by atoms with E-state index in [0.29, 0.717) is 10.2 Å². The summed E-state index contributed by atoms with van der Waals surface area (Å²) in [6.45, 7) is 1.88. The highest BCUT2D eigenvalue weighted by Crippen LogP contribution is 2.35. The Kier molecular flexibility index (Phi) is 4.46. The summed E-state index contributed by atoms with van der Waals surface area (Å²) in [5.74, 6) is 0.194. The van der Waals surface area contributed by atoms with Crippen LogP contribution in [0.15, 0.2) is 39.5 Å². The zero-order chi connectivity index (χ0) is 18.1. The molecular formula is C19H18N2O4S. The molecule has 0 bridgehead atoms. The Labute approximate surface area is 153 Å². The Morgan fingerprint density at radius 1 is 1.35 bits per heavy atom. The van der Waals surface area contributed by atoms with Gasteiger partial charge in [0.1, 0.15) is 22.9 Å². The minimum atomic E-state index is -0.584. The van der Waals surface area contributed by atoms with Gasteiger partial charge in [0.05, 0.1) is 0 Å². The van der Waals surface area contributed by atoms with E-state index in [0.717, 1.165) is 30.4 Å². The SMILES string of the molecule is C[C@H](NC(=O)OCc1ccccc1)c1nc2sc3c(c2c(=O)o1)CCC3. The Morgan fingerprint density at radius 3 is 2.96 bits per heavy atom. The predicted molar refractivity (Wildman–Crippen MR) is 98.4 cm³/mol. The summed E-state index contributed by atoms with van der Waals surface area (Å²) >= 11 is 1.54. The number of alkyl carbamates (subject to hydrolysis) is 1. The lowest BCUT2D eigenvalue weighted by Crippen LogP contribution is -2.28. The average Bonchev–Trinajstić information content (AvgIpc) is 3.21. The fraction of sp³-hybridized carbons (Fsp3) is 0.316. The molecule has 1 N–H and O–H groups in total. The van der Waals surface area contributed by atoms with Crippen LogP contribution >= 0.6 is 11.3 Å². The van der Waals surface area contributed by atoms with Crippen LogP contribution in [0.5, 0.6) is 0 Å². The first-order valence-corrected chi connectivity index (χ1v) is 9.36. The minimum Gasteiger partial charge on any atom is -0.445 e. The number of fused-ring (bicyclic) bond motifs is 3. The standard InChI is InChI=1S/C19H18N2O4S/c1-11(20-19(23)24-10-12-6-3-2-4-7-12)16-21-17-15(18(22)25-16)13-8-5-9-14(13)26-17/h2-4,6-7,11H,5,8-10H2,1H3,(H,20,23)/t11-/m0/s1. The molecule has 0 saturated carbocycles. The van der Waals surface area contributed by atoms with Crippen molar-refractivity contribution in [3.8, 4) is 0 Å². The van der Waals surface area contributed by atoms with E-state index in [1.54, 1.807) is 18.3 Å². The molecule has 0 saturated heterocycles. The van der Waals surface area contributed by atoms with E-state index in [4.69, 9.17) is 9.15 Å². The molecule has 7 heteroatoms. The molecule has 1 atom stereocenters. The van der Waals surface area contributed by atoms with Crippen molar-refractivity contribution in [1.29, 1.82) is 0 Å². The molecule has 0 aliphatic heterocycles. The molecule has 26 heavy (non-hydrogen) atoms. The van der Waals surface area contributed by atoms with Crippen LogP contribution in [-0.2, 0) is 24.2 Å².